The summed E-state index contributed by atoms with van der Waals surface area (Å²) in [4.78, 5) is 0. The van der Waals surface area contributed by atoms with Crippen LogP contribution in [0.15, 0.2) is 72.3 Å². The van der Waals surface area contributed by atoms with Crippen LogP contribution in [0.4, 0.5) is 0 Å². The Balaban J connectivity index is 0.000000516. The monoisotopic (exact) mass is 392 g/mol. The number of hydrogen-bond donors (Lipinski definition) is 0. The fourth-order valence-electron chi connectivity index (χ4n) is 4.97. The Hall–Kier alpha value is -2.86. The predicted octanol–water partition coefficient (Wildman–Crippen LogP) is 6.59. The lowest BCUT2D eigenvalue weighted by Crippen LogP contribution is -2.34. The smallest absolute Gasteiger partial charge is 0.00965 e. The molecule has 0 heterocycles. The lowest BCUT2D eigenvalue weighted by atomic mass is 9.76. The van der Waals surface area contributed by atoms with Gasteiger partial charge in [-0.15, -0.1) is 0 Å². The van der Waals surface area contributed by atoms with E-state index in [1.807, 2.05) is 0 Å². The molecule has 0 radical (unpaired) electrons. The highest BCUT2D eigenvalue weighted by molar-refractivity contribution is 5.94. The van der Waals surface area contributed by atoms with Crippen molar-refractivity contribution in [3.8, 4) is 0 Å². The van der Waals surface area contributed by atoms with Crippen LogP contribution in [0.5, 0.6) is 0 Å². The zero-order valence-electron chi connectivity index (χ0n) is 17.6. The molecule has 2 unspecified atom stereocenters. The molecule has 0 saturated heterocycles. The third-order valence-electron chi connectivity index (χ3n) is 6.26. The molecule has 2 atom stereocenters. The number of hydrogen-bond acceptors (Lipinski definition) is 0. The van der Waals surface area contributed by atoms with Crippen LogP contribution in [-0.4, -0.2) is 0 Å². The molecular formula is C30H32. The Bertz CT molecular complexity index is 1280. The summed E-state index contributed by atoms with van der Waals surface area (Å²) < 4.78 is 0. The van der Waals surface area contributed by atoms with Gasteiger partial charge in [0.05, 0.1) is 0 Å². The third kappa shape index (κ3) is 3.35. The molecule has 0 N–H and O–H groups in total. The van der Waals surface area contributed by atoms with Crippen LogP contribution in [-0.2, 0) is 6.42 Å². The largest absolute Gasteiger partial charge is 0.0776 e. The second-order valence-electron chi connectivity index (χ2n) is 8.61. The van der Waals surface area contributed by atoms with E-state index in [4.69, 9.17) is 0 Å². The standard InChI is InChI=1S/C26H20.C3H8.CH4/c1-16-6-7-19-11-20-8-9-23-25-13-18-5-3-2-4-17(18)12-22(25)15-26(23)24(20)14-21(19)10-16;1-3-2;/h2-14,20,24H,15H2,1H3;3H2,1-2H3;1H4. The van der Waals surface area contributed by atoms with E-state index in [-0.39, 0.29) is 7.43 Å². The predicted molar refractivity (Wildman–Crippen MR) is 133 cm³/mol. The van der Waals surface area contributed by atoms with E-state index < -0.39 is 0 Å². The van der Waals surface area contributed by atoms with Crippen molar-refractivity contribution < 1.29 is 0 Å². The normalized spacial score (nSPS) is 19.8. The van der Waals surface area contributed by atoms with Crippen molar-refractivity contribution in [3.05, 3.63) is 99.5 Å². The lowest BCUT2D eigenvalue weighted by molar-refractivity contribution is 0.674. The van der Waals surface area contributed by atoms with Crippen LogP contribution in [0.1, 0.15) is 44.4 Å². The van der Waals surface area contributed by atoms with Gasteiger partial charge in [-0.25, -0.2) is 0 Å². The molecule has 3 aliphatic rings. The molecule has 0 spiro atoms. The Labute approximate surface area is 181 Å². The maximum atomic E-state index is 2.51. The maximum Gasteiger partial charge on any atom is 0.00965 e. The summed E-state index contributed by atoms with van der Waals surface area (Å²) in [7, 11) is 0. The number of rotatable bonds is 0. The molecule has 0 aromatic heterocycles. The van der Waals surface area contributed by atoms with Crippen molar-refractivity contribution in [3.63, 3.8) is 0 Å². The zero-order valence-corrected chi connectivity index (χ0v) is 17.6. The molecule has 3 aliphatic carbocycles. The van der Waals surface area contributed by atoms with E-state index in [1.165, 1.54) is 49.9 Å². The van der Waals surface area contributed by atoms with E-state index in [9.17, 15) is 0 Å². The van der Waals surface area contributed by atoms with E-state index in [1.54, 1.807) is 5.57 Å². The van der Waals surface area contributed by atoms with Gasteiger partial charge in [-0.3, -0.25) is 0 Å². The SMILES string of the molecule is C.CCC.Cc1ccc2c(c1)=CC1C3=C(C=CC1C=2)c1cc2ccccc2cc1C3. The molecule has 0 saturated carbocycles. The summed E-state index contributed by atoms with van der Waals surface area (Å²) in [6.45, 7) is 6.43. The fourth-order valence-corrected chi connectivity index (χ4v) is 4.97. The summed E-state index contributed by atoms with van der Waals surface area (Å²) in [5, 5.41) is 5.48. The highest BCUT2D eigenvalue weighted by atomic mass is 14.4. The molecule has 0 bridgehead atoms. The maximum absolute atomic E-state index is 2.51. The highest BCUT2D eigenvalue weighted by Gasteiger charge is 2.32. The van der Waals surface area contributed by atoms with Crippen molar-refractivity contribution in [2.45, 2.75) is 41.0 Å². The first-order chi connectivity index (χ1) is 14.2. The van der Waals surface area contributed by atoms with E-state index in [0.717, 1.165) is 6.42 Å². The van der Waals surface area contributed by atoms with Crippen molar-refractivity contribution in [1.29, 1.82) is 0 Å². The number of allylic oxidation sites excluding steroid dienone is 4. The summed E-state index contributed by atoms with van der Waals surface area (Å²) in [6, 6.07) is 20.3. The van der Waals surface area contributed by atoms with Gasteiger partial charge >= 0.3 is 0 Å². The molecule has 152 valence electrons. The summed E-state index contributed by atoms with van der Waals surface area (Å²) in [6.07, 6.45) is 12.1. The van der Waals surface area contributed by atoms with Gasteiger partial charge in [-0.1, -0.05) is 112 Å². The molecule has 0 nitrogen and oxygen atoms in total. The first-order valence-electron chi connectivity index (χ1n) is 10.9. The Morgan fingerprint density at radius 3 is 2.37 bits per heavy atom. The molecular weight excluding hydrogens is 360 g/mol. The Morgan fingerprint density at radius 2 is 1.60 bits per heavy atom. The van der Waals surface area contributed by atoms with Crippen LogP contribution in [0.25, 0.3) is 28.5 Å². The first-order valence-corrected chi connectivity index (χ1v) is 10.9. The Kier molecular flexibility index (Phi) is 5.52. The van der Waals surface area contributed by atoms with Gasteiger partial charge in [0.1, 0.15) is 0 Å². The molecule has 0 aliphatic heterocycles. The van der Waals surface area contributed by atoms with Crippen LogP contribution in [0, 0.1) is 18.8 Å². The summed E-state index contributed by atoms with van der Waals surface area (Å²) >= 11 is 0. The molecule has 0 heteroatoms. The highest BCUT2D eigenvalue weighted by Crippen LogP contribution is 2.45. The van der Waals surface area contributed by atoms with Crippen LogP contribution < -0.4 is 10.4 Å². The quantitative estimate of drug-likeness (QED) is 0.405. The van der Waals surface area contributed by atoms with Crippen molar-refractivity contribution in [1.82, 2.24) is 0 Å². The second kappa shape index (κ2) is 8.11. The van der Waals surface area contributed by atoms with E-state index >= 15 is 0 Å². The van der Waals surface area contributed by atoms with Gasteiger partial charge in [0.2, 0.25) is 0 Å². The van der Waals surface area contributed by atoms with Gasteiger partial charge in [0.15, 0.2) is 0 Å². The third-order valence-corrected chi connectivity index (χ3v) is 6.26. The van der Waals surface area contributed by atoms with Crippen molar-refractivity contribution in [2.24, 2.45) is 11.8 Å². The lowest BCUT2D eigenvalue weighted by Gasteiger charge is -2.28. The molecule has 3 aromatic carbocycles. The van der Waals surface area contributed by atoms with Crippen LogP contribution in [0.3, 0.4) is 0 Å². The average molecular weight is 393 g/mol. The van der Waals surface area contributed by atoms with Gasteiger partial charge in [0, 0.05) is 11.8 Å². The Morgan fingerprint density at radius 1 is 0.867 bits per heavy atom. The second-order valence-corrected chi connectivity index (χ2v) is 8.61. The molecule has 0 fully saturated rings. The zero-order chi connectivity index (χ0) is 20.0. The van der Waals surface area contributed by atoms with Gasteiger partial charge in [-0.2, -0.15) is 0 Å². The van der Waals surface area contributed by atoms with E-state index in [0.29, 0.717) is 11.8 Å². The summed E-state index contributed by atoms with van der Waals surface area (Å²) in [5.41, 5.74) is 7.34. The molecule has 0 amide bonds. The van der Waals surface area contributed by atoms with Gasteiger partial charge in [-0.05, 0) is 57.3 Å². The fraction of sp³-hybridized carbons (Fsp3) is 0.267. The van der Waals surface area contributed by atoms with Crippen LogP contribution in [0.2, 0.25) is 0 Å². The van der Waals surface area contributed by atoms with Crippen LogP contribution >= 0.6 is 0 Å². The minimum atomic E-state index is 0. The van der Waals surface area contributed by atoms with E-state index in [2.05, 4.69) is 99.7 Å². The minimum Gasteiger partial charge on any atom is -0.0776 e. The van der Waals surface area contributed by atoms with Crippen molar-refractivity contribution >= 4 is 28.5 Å². The van der Waals surface area contributed by atoms with Gasteiger partial charge in [0.25, 0.3) is 0 Å². The minimum absolute atomic E-state index is 0. The van der Waals surface area contributed by atoms with Gasteiger partial charge < -0.3 is 0 Å². The number of benzene rings is 3. The number of aryl methyl sites for hydroxylation is 1. The summed E-state index contributed by atoms with van der Waals surface area (Å²) in [5.74, 6) is 0.993. The molecule has 30 heavy (non-hydrogen) atoms. The topological polar surface area (TPSA) is 0 Å². The number of fused-ring (bicyclic) bond motifs is 6. The van der Waals surface area contributed by atoms with Crippen molar-refractivity contribution in [2.75, 3.05) is 0 Å². The molecule has 6 rings (SSSR count). The first kappa shape index (κ1) is 20.4. The molecule has 3 aromatic rings. The average Bonchev–Trinajstić information content (AvgIpc) is 3.09.